The van der Waals surface area contributed by atoms with Gasteiger partial charge in [0.1, 0.15) is 0 Å². The van der Waals surface area contributed by atoms with Gasteiger partial charge >= 0.3 is 5.97 Å². The summed E-state index contributed by atoms with van der Waals surface area (Å²) in [5, 5.41) is 19.5. The molecule has 0 amide bonds. The van der Waals surface area contributed by atoms with Crippen LogP contribution in [0.4, 0.5) is 0 Å². The Kier molecular flexibility index (Phi) is 6.11. The van der Waals surface area contributed by atoms with Gasteiger partial charge in [-0.1, -0.05) is 66.8 Å². The number of aliphatic hydroxyl groups is 1. The molecule has 1 aliphatic rings. The van der Waals surface area contributed by atoms with Gasteiger partial charge < -0.3 is 10.2 Å². The van der Waals surface area contributed by atoms with Gasteiger partial charge in [0.25, 0.3) is 0 Å². The van der Waals surface area contributed by atoms with E-state index < -0.39 is 10.4 Å². The first-order valence-electron chi connectivity index (χ1n) is 8.91. The fraction of sp³-hybridized carbons (Fsp3) is 0.130. The van der Waals surface area contributed by atoms with Crippen LogP contribution in [0.5, 0.6) is 0 Å². The van der Waals surface area contributed by atoms with Crippen molar-refractivity contribution in [3.63, 3.8) is 0 Å². The average molecular weight is 385 g/mol. The summed E-state index contributed by atoms with van der Waals surface area (Å²) in [6, 6.07) is 19.1. The zero-order valence-corrected chi connectivity index (χ0v) is 16.7. The van der Waals surface area contributed by atoms with Crippen LogP contribution in [0.15, 0.2) is 78.9 Å². The van der Waals surface area contributed by atoms with Gasteiger partial charge in [-0.05, 0) is 36.6 Å². The van der Waals surface area contributed by atoms with Gasteiger partial charge in [0.2, 0.25) is 0 Å². The molecule has 1 heterocycles. The first kappa shape index (κ1) is 20.0. The van der Waals surface area contributed by atoms with Crippen molar-refractivity contribution in [2.75, 3.05) is 0 Å². The number of pyridine rings is 1. The third-order valence-electron chi connectivity index (χ3n) is 4.40. The number of aryl methyl sites for hydroxylation is 1. The van der Waals surface area contributed by atoms with Crippen molar-refractivity contribution in [3.05, 3.63) is 95.7 Å². The first-order valence-corrected chi connectivity index (χ1v) is 9.49. The first-order chi connectivity index (χ1) is 13.4. The van der Waals surface area contributed by atoms with Crippen molar-refractivity contribution < 1.29 is 15.0 Å². The van der Waals surface area contributed by atoms with E-state index in [1.807, 2.05) is 55.5 Å². The maximum atomic E-state index is 10.9. The van der Waals surface area contributed by atoms with Crippen LogP contribution in [-0.2, 0) is 0 Å². The van der Waals surface area contributed by atoms with E-state index in [-0.39, 0.29) is 5.56 Å². The van der Waals surface area contributed by atoms with Crippen molar-refractivity contribution in [2.24, 2.45) is 0 Å². The quantitative estimate of drug-likeness (QED) is 0.651. The molecule has 1 unspecified atom stereocenters. The summed E-state index contributed by atoms with van der Waals surface area (Å²) in [6.07, 6.45) is 6.49. The van der Waals surface area contributed by atoms with E-state index in [4.69, 9.17) is 5.11 Å². The second kappa shape index (κ2) is 8.54. The minimum absolute atomic E-state index is 0.256. The van der Waals surface area contributed by atoms with Gasteiger partial charge in [0.15, 0.2) is 16.3 Å². The van der Waals surface area contributed by atoms with Gasteiger partial charge in [-0.25, -0.2) is 4.79 Å². The molecule has 0 spiro atoms. The number of carboxylic acid groups (broad SMARTS) is 1. The third-order valence-corrected chi connectivity index (χ3v) is 4.83. The van der Waals surface area contributed by atoms with E-state index in [1.165, 1.54) is 11.1 Å². The molecule has 4 nitrogen and oxygen atoms in total. The second-order valence-corrected chi connectivity index (χ2v) is 7.69. The Balaban J connectivity index is 0.000000161. The maximum absolute atomic E-state index is 10.9. The summed E-state index contributed by atoms with van der Waals surface area (Å²) in [5.41, 5.74) is 4.01. The molecule has 138 valence electrons. The molecule has 0 fully saturated rings. The number of rotatable bonds is 2. The van der Waals surface area contributed by atoms with E-state index in [9.17, 15) is 9.90 Å². The molecule has 5 heteroatoms. The summed E-state index contributed by atoms with van der Waals surface area (Å²) < 4.78 is -0.752. The van der Waals surface area contributed by atoms with Gasteiger partial charge in [-0.3, -0.25) is 4.98 Å². The summed E-state index contributed by atoms with van der Waals surface area (Å²) in [6.45, 7) is 1.85. The van der Waals surface area contributed by atoms with Crippen molar-refractivity contribution >= 4 is 38.7 Å². The van der Waals surface area contributed by atoms with Gasteiger partial charge in [0.05, 0.1) is 11.1 Å². The molecular weight excluding hydrogens is 365 g/mol. The highest BCUT2D eigenvalue weighted by atomic mass is 27.0. The molecular formula is C23H20AlNO3. The highest BCUT2D eigenvalue weighted by molar-refractivity contribution is 6.16. The normalized spacial score (nSPS) is 18.1. The molecule has 1 atom stereocenters. The lowest BCUT2D eigenvalue weighted by Gasteiger charge is -2.23. The third kappa shape index (κ3) is 4.96. The Morgan fingerprint density at radius 2 is 1.82 bits per heavy atom. The van der Waals surface area contributed by atoms with E-state index in [2.05, 4.69) is 39.5 Å². The molecule has 3 aromatic rings. The molecule has 1 aromatic heterocycles. The molecule has 0 saturated heterocycles. The predicted octanol–water partition coefficient (Wildman–Crippen LogP) is 4.13. The van der Waals surface area contributed by atoms with E-state index in [0.29, 0.717) is 11.9 Å². The van der Waals surface area contributed by atoms with E-state index in [0.717, 1.165) is 11.1 Å². The Hall–Kier alpha value is -2.71. The standard InChI is InChI=1S/C12H11O.C11H9NO2.Al/c13-12-8-6-11(7-9-12)10-4-2-1-3-5-10;1-7-5-6-8-3-2-4-9(11(13)14)10(8)12-7;/h1-8,13H,9H2;2-6H,1H3,(H,13,14);. The number of benzene rings is 2. The Labute approximate surface area is 172 Å². The predicted molar refractivity (Wildman–Crippen MR) is 112 cm³/mol. The number of para-hydroxylation sites is 1. The number of aromatic carboxylic acids is 1. The van der Waals surface area contributed by atoms with Crippen molar-refractivity contribution in [2.45, 2.75) is 17.8 Å². The lowest BCUT2D eigenvalue weighted by atomic mass is 9.98. The van der Waals surface area contributed by atoms with Gasteiger partial charge in [-0.2, -0.15) is 0 Å². The Morgan fingerprint density at radius 3 is 2.46 bits per heavy atom. The minimum atomic E-state index is -0.936. The topological polar surface area (TPSA) is 70.4 Å². The van der Waals surface area contributed by atoms with Crippen molar-refractivity contribution in [3.8, 4) is 0 Å². The number of allylic oxidation sites excluding steroid dienone is 2. The summed E-state index contributed by atoms with van der Waals surface area (Å²) in [5.74, 6) is -0.936. The summed E-state index contributed by atoms with van der Waals surface area (Å²) in [4.78, 5) is 15.1. The maximum Gasteiger partial charge on any atom is 0.337 e. The summed E-state index contributed by atoms with van der Waals surface area (Å²) >= 11 is 2.44. The number of carbonyl (C=O) groups is 1. The van der Waals surface area contributed by atoms with Crippen LogP contribution in [0, 0.1) is 6.92 Å². The number of nitrogens with zero attached hydrogens (tertiary/aromatic N) is 1. The smallest absolute Gasteiger partial charge is 0.337 e. The lowest BCUT2D eigenvalue weighted by molar-refractivity contribution is 0.0699. The van der Waals surface area contributed by atoms with Gasteiger partial charge in [0, 0.05) is 15.5 Å². The van der Waals surface area contributed by atoms with Crippen LogP contribution < -0.4 is 0 Å². The van der Waals surface area contributed by atoms with E-state index in [1.54, 1.807) is 12.1 Å². The van der Waals surface area contributed by atoms with Gasteiger partial charge in [-0.15, -0.1) is 0 Å². The number of aromatic nitrogens is 1. The number of fused-ring (bicyclic) bond motifs is 1. The Morgan fingerprint density at radius 1 is 1.07 bits per heavy atom. The van der Waals surface area contributed by atoms with Crippen LogP contribution >= 0.6 is 0 Å². The zero-order valence-electron chi connectivity index (χ0n) is 15.5. The zero-order chi connectivity index (χ0) is 20.1. The second-order valence-electron chi connectivity index (χ2n) is 6.69. The molecule has 2 radical (unpaired) electrons. The highest BCUT2D eigenvalue weighted by Gasteiger charge is 2.16. The molecule has 28 heavy (non-hydrogen) atoms. The highest BCUT2D eigenvalue weighted by Crippen LogP contribution is 2.24. The molecule has 4 rings (SSSR count). The largest absolute Gasteiger partial charge is 0.478 e. The molecule has 0 aliphatic heterocycles. The van der Waals surface area contributed by atoms with Crippen LogP contribution in [0.2, 0.25) is 0 Å². The summed E-state index contributed by atoms with van der Waals surface area (Å²) in [7, 11) is 0. The molecule has 2 aromatic carbocycles. The van der Waals surface area contributed by atoms with Crippen LogP contribution in [-0.4, -0.2) is 41.9 Å². The molecule has 2 N–H and O–H groups in total. The van der Waals surface area contributed by atoms with Crippen molar-refractivity contribution in [1.82, 2.24) is 4.98 Å². The fourth-order valence-electron chi connectivity index (χ4n) is 2.91. The fourth-order valence-corrected chi connectivity index (χ4v) is 3.12. The monoisotopic (exact) mass is 385 g/mol. The lowest BCUT2D eigenvalue weighted by Crippen LogP contribution is -2.26. The van der Waals surface area contributed by atoms with E-state index >= 15 is 0 Å². The average Bonchev–Trinajstić information content (AvgIpc) is 2.68. The van der Waals surface area contributed by atoms with Crippen LogP contribution in [0.3, 0.4) is 0 Å². The number of carboxylic acids is 1. The van der Waals surface area contributed by atoms with Crippen LogP contribution in [0.25, 0.3) is 16.5 Å². The Bertz CT molecular complexity index is 1060. The van der Waals surface area contributed by atoms with Crippen LogP contribution in [0.1, 0.15) is 28.0 Å². The molecule has 1 aliphatic carbocycles. The number of hydrogen-bond donors (Lipinski definition) is 2. The van der Waals surface area contributed by atoms with Crippen molar-refractivity contribution in [1.29, 1.82) is 0 Å². The minimum Gasteiger partial charge on any atom is -0.478 e. The number of hydrogen-bond acceptors (Lipinski definition) is 3. The SMILES string of the molecule is Cc1ccc2cccc(C(=O)O)c2n1.O[C]1([Al])C=CC(c2ccccc2)=CC1. The molecule has 0 saturated carbocycles. The molecule has 0 bridgehead atoms.